The molecule has 1 heterocycles. The zero-order chi connectivity index (χ0) is 18.5. The Hall–Kier alpha value is -2.07. The van der Waals surface area contributed by atoms with E-state index in [-0.39, 0.29) is 17.0 Å². The Balaban J connectivity index is 1.75. The molecule has 27 heavy (non-hydrogen) atoms. The van der Waals surface area contributed by atoms with Gasteiger partial charge in [0.2, 0.25) is 0 Å². The molecule has 0 saturated heterocycles. The molecule has 0 spiro atoms. The highest BCUT2D eigenvalue weighted by molar-refractivity contribution is 7.99. The standard InChI is InChI=1S/C22H13Cl2NOS/c23-15-10-9-12(11-16(15)24)22-19-20(13-5-1-2-6-14(13)21(19)26)25-17-7-3-4-8-18(17)27-22/h1-11,19,22H/t19-,22+/m0/s1. The first-order valence-electron chi connectivity index (χ1n) is 8.56. The molecule has 132 valence electrons. The summed E-state index contributed by atoms with van der Waals surface area (Å²) in [5.74, 6) is -0.238. The van der Waals surface area contributed by atoms with E-state index in [2.05, 4.69) is 0 Å². The van der Waals surface area contributed by atoms with Crippen LogP contribution in [-0.2, 0) is 0 Å². The molecule has 2 nitrogen and oxygen atoms in total. The summed E-state index contributed by atoms with van der Waals surface area (Å²) in [6.07, 6.45) is 0. The summed E-state index contributed by atoms with van der Waals surface area (Å²) in [7, 11) is 0. The number of thioether (sulfide) groups is 1. The highest BCUT2D eigenvalue weighted by atomic mass is 35.5. The number of hydrogen-bond donors (Lipinski definition) is 0. The Labute approximate surface area is 171 Å². The fourth-order valence-corrected chi connectivity index (χ4v) is 5.37. The topological polar surface area (TPSA) is 29.4 Å². The average molecular weight is 410 g/mol. The van der Waals surface area contributed by atoms with Gasteiger partial charge in [-0.3, -0.25) is 9.79 Å². The van der Waals surface area contributed by atoms with Gasteiger partial charge in [-0.15, -0.1) is 11.8 Å². The lowest BCUT2D eigenvalue weighted by molar-refractivity contribution is 0.0960. The highest BCUT2D eigenvalue weighted by Crippen LogP contribution is 2.51. The SMILES string of the molecule is O=C1c2ccccc2C2=Nc3ccccc3S[C@H](c3ccc(Cl)c(Cl)c3)[C@H]12. The number of carbonyl (C=O) groups excluding carboxylic acids is 1. The van der Waals surface area contributed by atoms with Crippen LogP contribution in [0.5, 0.6) is 0 Å². The van der Waals surface area contributed by atoms with Crippen LogP contribution in [0.15, 0.2) is 76.6 Å². The molecule has 0 amide bonds. The van der Waals surface area contributed by atoms with Crippen LogP contribution in [0.3, 0.4) is 0 Å². The van der Waals surface area contributed by atoms with Crippen LogP contribution in [0.2, 0.25) is 10.0 Å². The van der Waals surface area contributed by atoms with E-state index in [0.29, 0.717) is 10.0 Å². The van der Waals surface area contributed by atoms with E-state index in [1.807, 2.05) is 60.7 Å². The molecule has 0 fully saturated rings. The number of nitrogens with zero attached hydrogens (tertiary/aromatic N) is 1. The van der Waals surface area contributed by atoms with E-state index in [4.69, 9.17) is 28.2 Å². The molecule has 2 atom stereocenters. The predicted octanol–water partition coefficient (Wildman–Crippen LogP) is 6.77. The summed E-state index contributed by atoms with van der Waals surface area (Å²) in [6, 6.07) is 21.3. The van der Waals surface area contributed by atoms with Crippen molar-refractivity contribution in [1.82, 2.24) is 0 Å². The summed E-state index contributed by atoms with van der Waals surface area (Å²) in [5.41, 5.74) is 4.38. The number of carbonyl (C=O) groups is 1. The van der Waals surface area contributed by atoms with E-state index in [0.717, 1.165) is 33.0 Å². The van der Waals surface area contributed by atoms with E-state index in [1.165, 1.54) is 0 Å². The minimum atomic E-state index is -0.350. The van der Waals surface area contributed by atoms with Gasteiger partial charge in [0.25, 0.3) is 0 Å². The molecule has 3 aromatic rings. The maximum atomic E-state index is 13.3. The van der Waals surface area contributed by atoms with Crippen LogP contribution in [0.1, 0.15) is 26.7 Å². The van der Waals surface area contributed by atoms with E-state index in [1.54, 1.807) is 17.8 Å². The highest BCUT2D eigenvalue weighted by Gasteiger charge is 2.44. The molecule has 0 aromatic heterocycles. The third kappa shape index (κ3) is 2.73. The molecule has 0 radical (unpaired) electrons. The lowest BCUT2D eigenvalue weighted by Crippen LogP contribution is -2.22. The lowest BCUT2D eigenvalue weighted by Gasteiger charge is -2.22. The van der Waals surface area contributed by atoms with Gasteiger partial charge in [-0.1, -0.05) is 65.7 Å². The van der Waals surface area contributed by atoms with Crippen molar-refractivity contribution >= 4 is 52.1 Å². The van der Waals surface area contributed by atoms with Crippen molar-refractivity contribution in [3.63, 3.8) is 0 Å². The Bertz CT molecular complexity index is 1120. The molecular formula is C22H13Cl2NOS. The fraction of sp³-hybridized carbons (Fsp3) is 0.0909. The second kappa shape index (κ2) is 6.52. The molecule has 1 aliphatic carbocycles. The van der Waals surface area contributed by atoms with Gasteiger partial charge in [0.1, 0.15) is 0 Å². The number of benzene rings is 3. The first-order valence-corrected chi connectivity index (χ1v) is 10.2. The number of rotatable bonds is 1. The van der Waals surface area contributed by atoms with Crippen LogP contribution < -0.4 is 0 Å². The smallest absolute Gasteiger partial charge is 0.174 e. The summed E-state index contributed by atoms with van der Waals surface area (Å²) in [4.78, 5) is 19.3. The van der Waals surface area contributed by atoms with Crippen molar-refractivity contribution in [2.45, 2.75) is 10.1 Å². The number of aliphatic imine (C=N–C) groups is 1. The normalized spacial score (nSPS) is 20.4. The van der Waals surface area contributed by atoms with Crippen molar-refractivity contribution in [3.05, 3.63) is 93.5 Å². The van der Waals surface area contributed by atoms with Crippen molar-refractivity contribution in [2.24, 2.45) is 10.9 Å². The Kier molecular flexibility index (Phi) is 4.12. The van der Waals surface area contributed by atoms with Crippen LogP contribution in [-0.4, -0.2) is 11.5 Å². The van der Waals surface area contributed by atoms with Crippen LogP contribution in [0.4, 0.5) is 5.69 Å². The molecule has 1 aliphatic heterocycles. The maximum absolute atomic E-state index is 13.3. The maximum Gasteiger partial charge on any atom is 0.174 e. The minimum Gasteiger partial charge on any atom is -0.293 e. The van der Waals surface area contributed by atoms with E-state index in [9.17, 15) is 4.79 Å². The molecular weight excluding hydrogens is 397 g/mol. The number of halogens is 2. The van der Waals surface area contributed by atoms with Gasteiger partial charge in [-0.2, -0.15) is 0 Å². The molecule has 0 bridgehead atoms. The Morgan fingerprint density at radius 2 is 1.59 bits per heavy atom. The molecule has 0 unspecified atom stereocenters. The number of para-hydroxylation sites is 1. The van der Waals surface area contributed by atoms with Crippen molar-refractivity contribution < 1.29 is 4.79 Å². The number of fused-ring (bicyclic) bond motifs is 4. The van der Waals surface area contributed by atoms with Crippen molar-refractivity contribution in [2.75, 3.05) is 0 Å². The third-order valence-electron chi connectivity index (χ3n) is 4.98. The number of Topliss-reactive ketones (excluding diaryl/α,β-unsaturated/α-hetero) is 1. The fourth-order valence-electron chi connectivity index (χ4n) is 3.72. The number of hydrogen-bond acceptors (Lipinski definition) is 3. The largest absolute Gasteiger partial charge is 0.293 e. The monoisotopic (exact) mass is 409 g/mol. The van der Waals surface area contributed by atoms with Gasteiger partial charge in [0.15, 0.2) is 5.78 Å². The average Bonchev–Trinajstić information content (AvgIpc) is 2.85. The lowest BCUT2D eigenvalue weighted by atomic mass is 9.93. The number of ketones is 1. The van der Waals surface area contributed by atoms with Gasteiger partial charge in [-0.05, 0) is 29.8 Å². The van der Waals surface area contributed by atoms with E-state index >= 15 is 0 Å². The quantitative estimate of drug-likeness (QED) is 0.443. The predicted molar refractivity (Wildman–Crippen MR) is 112 cm³/mol. The second-order valence-electron chi connectivity index (χ2n) is 6.56. The summed E-state index contributed by atoms with van der Waals surface area (Å²) < 4.78 is 0. The summed E-state index contributed by atoms with van der Waals surface area (Å²) >= 11 is 14.1. The molecule has 5 rings (SSSR count). The molecule has 3 aromatic carbocycles. The second-order valence-corrected chi connectivity index (χ2v) is 8.56. The molecule has 2 aliphatic rings. The first-order chi connectivity index (χ1) is 13.1. The van der Waals surface area contributed by atoms with Crippen molar-refractivity contribution in [3.8, 4) is 0 Å². The van der Waals surface area contributed by atoms with Gasteiger partial charge >= 0.3 is 0 Å². The minimum absolute atomic E-state index is 0.112. The van der Waals surface area contributed by atoms with Crippen LogP contribution >= 0.6 is 35.0 Å². The summed E-state index contributed by atoms with van der Waals surface area (Å²) in [6.45, 7) is 0. The van der Waals surface area contributed by atoms with Gasteiger partial charge in [-0.25, -0.2) is 0 Å². The van der Waals surface area contributed by atoms with Crippen molar-refractivity contribution in [1.29, 1.82) is 0 Å². The zero-order valence-electron chi connectivity index (χ0n) is 14.0. The summed E-state index contributed by atoms with van der Waals surface area (Å²) in [5, 5.41) is 0.880. The van der Waals surface area contributed by atoms with Crippen LogP contribution in [0, 0.1) is 5.92 Å². The molecule has 0 saturated carbocycles. The van der Waals surface area contributed by atoms with Gasteiger partial charge in [0.05, 0.1) is 32.6 Å². The van der Waals surface area contributed by atoms with Gasteiger partial charge < -0.3 is 0 Å². The van der Waals surface area contributed by atoms with Crippen LogP contribution in [0.25, 0.3) is 0 Å². The molecule has 5 heteroatoms. The zero-order valence-corrected chi connectivity index (χ0v) is 16.4. The third-order valence-corrected chi connectivity index (χ3v) is 7.12. The van der Waals surface area contributed by atoms with Gasteiger partial charge in [0, 0.05) is 16.0 Å². The molecule has 0 N–H and O–H groups in total. The van der Waals surface area contributed by atoms with E-state index < -0.39 is 0 Å². The Morgan fingerprint density at radius 1 is 0.852 bits per heavy atom. The first kappa shape index (κ1) is 17.1. The Morgan fingerprint density at radius 3 is 2.41 bits per heavy atom.